The summed E-state index contributed by atoms with van der Waals surface area (Å²) in [5, 5.41) is 9.18. The molecule has 1 aliphatic heterocycles. The molecule has 1 fully saturated rings. The lowest BCUT2D eigenvalue weighted by atomic mass is 10.1. The van der Waals surface area contributed by atoms with Gasteiger partial charge in [0, 0.05) is 13.7 Å². The van der Waals surface area contributed by atoms with Crippen molar-refractivity contribution in [3.05, 3.63) is 29.8 Å². The van der Waals surface area contributed by atoms with E-state index in [4.69, 9.17) is 4.74 Å². The summed E-state index contributed by atoms with van der Waals surface area (Å²) in [6.07, 6.45) is 2.14. The molecule has 0 bridgehead atoms. The van der Waals surface area contributed by atoms with Crippen LogP contribution in [0.25, 0.3) is 0 Å². The summed E-state index contributed by atoms with van der Waals surface area (Å²) in [5.41, 5.74) is 1.18. The van der Waals surface area contributed by atoms with Gasteiger partial charge in [0.05, 0.1) is 23.9 Å². The summed E-state index contributed by atoms with van der Waals surface area (Å²) < 4.78 is 5.19. The van der Waals surface area contributed by atoms with Crippen LogP contribution in [-0.4, -0.2) is 37.4 Å². The van der Waals surface area contributed by atoms with Crippen molar-refractivity contribution in [2.75, 3.05) is 25.2 Å². The highest BCUT2D eigenvalue weighted by Gasteiger charge is 2.27. The second-order valence-corrected chi connectivity index (χ2v) is 4.27. The van der Waals surface area contributed by atoms with Crippen LogP contribution in [0.4, 0.5) is 5.69 Å². The molecule has 1 aromatic carbocycles. The van der Waals surface area contributed by atoms with Gasteiger partial charge >= 0.3 is 5.97 Å². The van der Waals surface area contributed by atoms with Crippen molar-refractivity contribution in [1.29, 1.82) is 0 Å². The molecule has 1 saturated heterocycles. The van der Waals surface area contributed by atoms with Crippen molar-refractivity contribution in [2.24, 2.45) is 0 Å². The van der Waals surface area contributed by atoms with E-state index < -0.39 is 5.97 Å². The number of rotatable bonds is 4. The lowest BCUT2D eigenvalue weighted by Gasteiger charge is -2.27. The number of carbonyl (C=O) groups is 1. The van der Waals surface area contributed by atoms with E-state index in [-0.39, 0.29) is 0 Å². The Morgan fingerprint density at radius 3 is 3.00 bits per heavy atom. The van der Waals surface area contributed by atoms with Gasteiger partial charge in [0.25, 0.3) is 0 Å². The van der Waals surface area contributed by atoms with Crippen LogP contribution in [-0.2, 0) is 4.74 Å². The molecule has 1 heterocycles. The fourth-order valence-corrected chi connectivity index (χ4v) is 2.42. The lowest BCUT2D eigenvalue weighted by Crippen LogP contribution is -2.33. The fourth-order valence-electron chi connectivity index (χ4n) is 2.42. The second kappa shape index (κ2) is 5.19. The smallest absolute Gasteiger partial charge is 0.337 e. The van der Waals surface area contributed by atoms with Gasteiger partial charge in [-0.15, -0.1) is 0 Å². The van der Waals surface area contributed by atoms with Gasteiger partial charge in [0.1, 0.15) is 0 Å². The highest BCUT2D eigenvalue weighted by atomic mass is 16.5. The molecule has 0 saturated carbocycles. The van der Waals surface area contributed by atoms with E-state index in [9.17, 15) is 9.90 Å². The van der Waals surface area contributed by atoms with Crippen LogP contribution in [0.1, 0.15) is 23.2 Å². The Labute approximate surface area is 101 Å². The highest BCUT2D eigenvalue weighted by molar-refractivity contribution is 5.94. The van der Waals surface area contributed by atoms with Gasteiger partial charge in [-0.1, -0.05) is 12.1 Å². The van der Waals surface area contributed by atoms with Crippen molar-refractivity contribution in [2.45, 2.75) is 18.9 Å². The largest absolute Gasteiger partial charge is 0.478 e. The predicted octanol–water partition coefficient (Wildman–Crippen LogP) is 2.00. The molecular weight excluding hydrogens is 218 g/mol. The van der Waals surface area contributed by atoms with Crippen molar-refractivity contribution < 1.29 is 14.6 Å². The summed E-state index contributed by atoms with van der Waals surface area (Å²) >= 11 is 0. The predicted molar refractivity (Wildman–Crippen MR) is 65.6 cm³/mol. The number of aromatic carboxylic acids is 1. The van der Waals surface area contributed by atoms with Gasteiger partial charge in [-0.05, 0) is 25.0 Å². The molecule has 4 heteroatoms. The third kappa shape index (κ3) is 2.42. The van der Waals surface area contributed by atoms with E-state index in [0.29, 0.717) is 18.2 Å². The molecule has 1 atom stereocenters. The van der Waals surface area contributed by atoms with Gasteiger partial charge in [0.2, 0.25) is 0 Å². The first-order valence-electron chi connectivity index (χ1n) is 5.82. The van der Waals surface area contributed by atoms with Crippen LogP contribution in [0.15, 0.2) is 24.3 Å². The average molecular weight is 235 g/mol. The Kier molecular flexibility index (Phi) is 3.64. The van der Waals surface area contributed by atoms with E-state index in [1.165, 1.54) is 0 Å². The van der Waals surface area contributed by atoms with E-state index in [0.717, 1.165) is 25.1 Å². The Balaban J connectivity index is 2.29. The lowest BCUT2D eigenvalue weighted by molar-refractivity contribution is 0.0697. The fraction of sp³-hybridized carbons (Fsp3) is 0.462. The van der Waals surface area contributed by atoms with Crippen molar-refractivity contribution >= 4 is 11.7 Å². The Morgan fingerprint density at radius 1 is 1.53 bits per heavy atom. The number of anilines is 1. The molecule has 92 valence electrons. The molecule has 0 aromatic heterocycles. The third-order valence-electron chi connectivity index (χ3n) is 3.18. The Morgan fingerprint density at radius 2 is 2.29 bits per heavy atom. The van der Waals surface area contributed by atoms with Gasteiger partial charge in [0.15, 0.2) is 0 Å². The highest BCUT2D eigenvalue weighted by Crippen LogP contribution is 2.28. The minimum atomic E-state index is -0.872. The molecule has 4 nitrogen and oxygen atoms in total. The van der Waals surface area contributed by atoms with E-state index in [1.54, 1.807) is 19.2 Å². The summed E-state index contributed by atoms with van der Waals surface area (Å²) in [6, 6.07) is 7.45. The monoisotopic (exact) mass is 235 g/mol. The molecule has 1 aliphatic rings. The zero-order valence-corrected chi connectivity index (χ0v) is 9.93. The number of para-hydroxylation sites is 1. The Hall–Kier alpha value is -1.55. The van der Waals surface area contributed by atoms with Crippen LogP contribution in [0.3, 0.4) is 0 Å². The minimum absolute atomic E-state index is 0.292. The van der Waals surface area contributed by atoms with Gasteiger partial charge in [-0.2, -0.15) is 0 Å². The summed E-state index contributed by atoms with van der Waals surface area (Å²) in [6.45, 7) is 1.55. The number of hydrogen-bond acceptors (Lipinski definition) is 3. The van der Waals surface area contributed by atoms with Gasteiger partial charge < -0.3 is 14.7 Å². The molecule has 1 N–H and O–H groups in total. The molecule has 1 aromatic rings. The average Bonchev–Trinajstić information content (AvgIpc) is 2.77. The number of nitrogens with zero attached hydrogens (tertiary/aromatic N) is 1. The SMILES string of the molecule is COC[C@H]1CCCN1c1ccccc1C(=O)O. The quantitative estimate of drug-likeness (QED) is 0.867. The standard InChI is InChI=1S/C13H17NO3/c1-17-9-10-5-4-8-14(10)12-7-3-2-6-11(12)13(15)16/h2-3,6-7,10H,4-5,8-9H2,1H3,(H,15,16)/t10-/m1/s1. The summed E-state index contributed by atoms with van der Waals surface area (Å²) in [7, 11) is 1.68. The first-order chi connectivity index (χ1) is 8.24. The molecule has 0 amide bonds. The van der Waals surface area contributed by atoms with Gasteiger partial charge in [-0.25, -0.2) is 4.79 Å². The van der Waals surface area contributed by atoms with Crippen molar-refractivity contribution in [3.8, 4) is 0 Å². The van der Waals surface area contributed by atoms with E-state index in [1.807, 2.05) is 12.1 Å². The van der Waals surface area contributed by atoms with E-state index in [2.05, 4.69) is 4.90 Å². The molecule has 2 rings (SSSR count). The number of carboxylic acids is 1. The number of hydrogen-bond donors (Lipinski definition) is 1. The maximum atomic E-state index is 11.2. The second-order valence-electron chi connectivity index (χ2n) is 4.27. The number of carboxylic acid groups (broad SMARTS) is 1. The topological polar surface area (TPSA) is 49.8 Å². The summed E-state index contributed by atoms with van der Waals surface area (Å²) in [4.78, 5) is 13.3. The van der Waals surface area contributed by atoms with Crippen LogP contribution in [0, 0.1) is 0 Å². The van der Waals surface area contributed by atoms with Crippen molar-refractivity contribution in [1.82, 2.24) is 0 Å². The molecule has 0 aliphatic carbocycles. The van der Waals surface area contributed by atoms with Crippen LogP contribution >= 0.6 is 0 Å². The normalized spacial score (nSPS) is 19.6. The third-order valence-corrected chi connectivity index (χ3v) is 3.18. The van der Waals surface area contributed by atoms with Crippen LogP contribution in [0.2, 0.25) is 0 Å². The zero-order chi connectivity index (χ0) is 12.3. The Bertz CT molecular complexity index is 405. The minimum Gasteiger partial charge on any atom is -0.478 e. The maximum absolute atomic E-state index is 11.2. The van der Waals surface area contributed by atoms with Crippen LogP contribution in [0.5, 0.6) is 0 Å². The number of benzene rings is 1. The molecule has 0 radical (unpaired) electrons. The summed E-state index contributed by atoms with van der Waals surface area (Å²) in [5.74, 6) is -0.872. The van der Waals surface area contributed by atoms with Crippen molar-refractivity contribution in [3.63, 3.8) is 0 Å². The van der Waals surface area contributed by atoms with Crippen LogP contribution < -0.4 is 4.90 Å². The van der Waals surface area contributed by atoms with Gasteiger partial charge in [-0.3, -0.25) is 0 Å². The number of ether oxygens (including phenoxy) is 1. The molecular formula is C13H17NO3. The first-order valence-corrected chi connectivity index (χ1v) is 5.82. The van der Waals surface area contributed by atoms with E-state index >= 15 is 0 Å². The first kappa shape index (κ1) is 11.9. The molecule has 0 spiro atoms. The molecule has 0 unspecified atom stereocenters. The number of methoxy groups -OCH3 is 1. The maximum Gasteiger partial charge on any atom is 0.337 e. The zero-order valence-electron chi connectivity index (χ0n) is 9.93. The molecule has 17 heavy (non-hydrogen) atoms.